The molecule has 0 aromatic carbocycles. The number of carbonyl (C=O) groups is 2. The van der Waals surface area contributed by atoms with Crippen molar-refractivity contribution in [1.82, 2.24) is 10.6 Å². The summed E-state index contributed by atoms with van der Waals surface area (Å²) in [5, 5.41) is 5.51. The van der Waals surface area contributed by atoms with E-state index in [1.165, 1.54) is 0 Å². The Hall–Kier alpha value is -0.850. The minimum Gasteiger partial charge on any atom is -0.383 e. The van der Waals surface area contributed by atoms with Crippen LogP contribution in [0.15, 0.2) is 0 Å². The fourth-order valence-corrected chi connectivity index (χ4v) is 1.30. The zero-order valence-corrected chi connectivity index (χ0v) is 12.2. The van der Waals surface area contributed by atoms with E-state index in [4.69, 9.17) is 10.5 Å². The van der Waals surface area contributed by atoms with E-state index in [1.54, 1.807) is 7.11 Å². The van der Waals surface area contributed by atoms with Crippen LogP contribution in [-0.2, 0) is 14.3 Å². The molecule has 0 bridgehead atoms. The van der Waals surface area contributed by atoms with Crippen molar-refractivity contribution in [2.45, 2.75) is 26.8 Å². The maximum absolute atomic E-state index is 11.5. The van der Waals surface area contributed by atoms with E-state index in [-0.39, 0.29) is 24.9 Å². The Balaban J connectivity index is 0. The van der Waals surface area contributed by atoms with Gasteiger partial charge in [0.15, 0.2) is 0 Å². The first-order chi connectivity index (χ1) is 7.79. The average Bonchev–Trinajstić information content (AvgIpc) is 2.19. The van der Waals surface area contributed by atoms with E-state index in [0.717, 1.165) is 0 Å². The molecular weight excluding hydrogens is 258 g/mol. The Bertz CT molecular complexity index is 267. The normalized spacial score (nSPS) is 12.4. The molecule has 0 saturated heterocycles. The van der Waals surface area contributed by atoms with Crippen LogP contribution in [0, 0.1) is 5.41 Å². The lowest BCUT2D eigenvalue weighted by molar-refractivity contribution is -0.129. The predicted molar refractivity (Wildman–Crippen MR) is 72.6 cm³/mol. The van der Waals surface area contributed by atoms with E-state index in [9.17, 15) is 9.59 Å². The SMILES string of the molecule is COCCNCC(=O)NC(C(N)=O)C(C)(C)C.Cl. The topological polar surface area (TPSA) is 93.4 Å². The molecule has 0 heterocycles. The molecule has 0 saturated carbocycles. The van der Waals surface area contributed by atoms with Crippen LogP contribution in [-0.4, -0.2) is 44.7 Å². The van der Waals surface area contributed by atoms with Crippen molar-refractivity contribution in [3.8, 4) is 0 Å². The van der Waals surface area contributed by atoms with Crippen LogP contribution < -0.4 is 16.4 Å². The maximum atomic E-state index is 11.5. The highest BCUT2D eigenvalue weighted by Crippen LogP contribution is 2.18. The first kappa shape index (κ1) is 19.5. The molecule has 0 radical (unpaired) electrons. The molecule has 0 aliphatic heterocycles. The number of carbonyl (C=O) groups excluding carboxylic acids is 2. The van der Waals surface area contributed by atoms with E-state index >= 15 is 0 Å². The lowest BCUT2D eigenvalue weighted by Crippen LogP contribution is -2.53. The largest absolute Gasteiger partial charge is 0.383 e. The first-order valence-corrected chi connectivity index (χ1v) is 5.57. The highest BCUT2D eigenvalue weighted by molar-refractivity contribution is 5.87. The number of halogens is 1. The minimum atomic E-state index is -0.667. The van der Waals surface area contributed by atoms with Gasteiger partial charge in [0.2, 0.25) is 11.8 Å². The molecule has 0 aromatic heterocycles. The number of nitrogens with one attached hydrogen (secondary N) is 2. The second-order valence-electron chi connectivity index (χ2n) is 4.94. The molecule has 7 heteroatoms. The number of hydrogen-bond acceptors (Lipinski definition) is 4. The minimum absolute atomic E-state index is 0. The standard InChI is InChI=1S/C11H23N3O3.ClH/c1-11(2,3)9(10(12)16)14-8(15)7-13-5-6-17-4;/h9,13H,5-7H2,1-4H3,(H2,12,16)(H,14,15);1H. The molecule has 6 nitrogen and oxygen atoms in total. The summed E-state index contributed by atoms with van der Waals surface area (Å²) in [6.45, 7) is 6.80. The second-order valence-corrected chi connectivity index (χ2v) is 4.94. The average molecular weight is 282 g/mol. The van der Waals surface area contributed by atoms with Gasteiger partial charge in [0.25, 0.3) is 0 Å². The van der Waals surface area contributed by atoms with Crippen LogP contribution in [0.25, 0.3) is 0 Å². The van der Waals surface area contributed by atoms with Crippen LogP contribution in [0.4, 0.5) is 0 Å². The summed E-state index contributed by atoms with van der Waals surface area (Å²) < 4.78 is 4.83. The third-order valence-corrected chi connectivity index (χ3v) is 2.22. The summed E-state index contributed by atoms with van der Waals surface area (Å²) in [5.74, 6) is -0.775. The van der Waals surface area contributed by atoms with Gasteiger partial charge in [-0.1, -0.05) is 20.8 Å². The smallest absolute Gasteiger partial charge is 0.240 e. The van der Waals surface area contributed by atoms with Gasteiger partial charge >= 0.3 is 0 Å². The second kappa shape index (κ2) is 9.13. The van der Waals surface area contributed by atoms with E-state index < -0.39 is 17.4 Å². The van der Waals surface area contributed by atoms with E-state index in [2.05, 4.69) is 10.6 Å². The molecular formula is C11H24ClN3O3. The van der Waals surface area contributed by atoms with Gasteiger partial charge in [0, 0.05) is 13.7 Å². The molecule has 0 rings (SSSR count). The number of nitrogens with two attached hydrogens (primary N) is 1. The molecule has 1 atom stereocenters. The van der Waals surface area contributed by atoms with Gasteiger partial charge in [-0.25, -0.2) is 0 Å². The van der Waals surface area contributed by atoms with Crippen LogP contribution in [0.3, 0.4) is 0 Å². The van der Waals surface area contributed by atoms with Gasteiger partial charge in [-0.15, -0.1) is 12.4 Å². The van der Waals surface area contributed by atoms with Gasteiger partial charge in [-0.2, -0.15) is 0 Å². The van der Waals surface area contributed by atoms with Crippen molar-refractivity contribution in [3.05, 3.63) is 0 Å². The third kappa shape index (κ3) is 8.27. The molecule has 2 amide bonds. The number of rotatable bonds is 7. The number of methoxy groups -OCH3 is 1. The van der Waals surface area contributed by atoms with Crippen LogP contribution in [0.5, 0.6) is 0 Å². The molecule has 4 N–H and O–H groups in total. The number of primary amides is 1. The Kier molecular flexibility index (Phi) is 9.88. The summed E-state index contributed by atoms with van der Waals surface area (Å²) in [4.78, 5) is 22.8. The Morgan fingerprint density at radius 1 is 1.33 bits per heavy atom. The zero-order chi connectivity index (χ0) is 13.5. The molecule has 0 aromatic rings. The maximum Gasteiger partial charge on any atom is 0.240 e. The first-order valence-electron chi connectivity index (χ1n) is 5.57. The van der Waals surface area contributed by atoms with Gasteiger partial charge in [0.1, 0.15) is 6.04 Å². The van der Waals surface area contributed by atoms with E-state index in [0.29, 0.717) is 13.2 Å². The van der Waals surface area contributed by atoms with Crippen molar-refractivity contribution in [2.24, 2.45) is 11.1 Å². The lowest BCUT2D eigenvalue weighted by atomic mass is 9.86. The van der Waals surface area contributed by atoms with Crippen LogP contribution >= 0.6 is 12.4 Å². The summed E-state index contributed by atoms with van der Waals surface area (Å²) >= 11 is 0. The summed E-state index contributed by atoms with van der Waals surface area (Å²) in [6.07, 6.45) is 0. The molecule has 0 fully saturated rings. The highest BCUT2D eigenvalue weighted by atomic mass is 35.5. The Morgan fingerprint density at radius 2 is 1.89 bits per heavy atom. The van der Waals surface area contributed by atoms with Gasteiger partial charge in [-0.3, -0.25) is 9.59 Å². The number of hydrogen-bond donors (Lipinski definition) is 3. The fourth-order valence-electron chi connectivity index (χ4n) is 1.30. The van der Waals surface area contributed by atoms with Crippen LogP contribution in [0.1, 0.15) is 20.8 Å². The molecule has 108 valence electrons. The molecule has 0 aliphatic carbocycles. The van der Waals surface area contributed by atoms with Crippen molar-refractivity contribution >= 4 is 24.2 Å². The number of amides is 2. The number of ether oxygens (including phenoxy) is 1. The van der Waals surface area contributed by atoms with E-state index in [1.807, 2.05) is 20.8 Å². The predicted octanol–water partition coefficient (Wildman–Crippen LogP) is -0.340. The van der Waals surface area contributed by atoms with Crippen molar-refractivity contribution < 1.29 is 14.3 Å². The quantitative estimate of drug-likeness (QED) is 0.557. The van der Waals surface area contributed by atoms with Crippen molar-refractivity contribution in [3.63, 3.8) is 0 Å². The van der Waals surface area contributed by atoms with Crippen molar-refractivity contribution in [1.29, 1.82) is 0 Å². The summed E-state index contributed by atoms with van der Waals surface area (Å²) in [5.41, 5.74) is 4.86. The monoisotopic (exact) mass is 281 g/mol. The molecule has 18 heavy (non-hydrogen) atoms. The molecule has 0 spiro atoms. The van der Waals surface area contributed by atoms with Gasteiger partial charge < -0.3 is 21.1 Å². The molecule has 1 unspecified atom stereocenters. The summed E-state index contributed by atoms with van der Waals surface area (Å²) in [6, 6.07) is -0.667. The molecule has 0 aliphatic rings. The Morgan fingerprint density at radius 3 is 2.28 bits per heavy atom. The summed E-state index contributed by atoms with van der Waals surface area (Å²) in [7, 11) is 1.59. The third-order valence-electron chi connectivity index (χ3n) is 2.22. The van der Waals surface area contributed by atoms with Gasteiger partial charge in [-0.05, 0) is 5.41 Å². The van der Waals surface area contributed by atoms with Crippen LogP contribution in [0.2, 0.25) is 0 Å². The highest BCUT2D eigenvalue weighted by Gasteiger charge is 2.30. The zero-order valence-electron chi connectivity index (χ0n) is 11.4. The lowest BCUT2D eigenvalue weighted by Gasteiger charge is -2.28. The fraction of sp³-hybridized carbons (Fsp3) is 0.818. The Labute approximate surface area is 114 Å². The van der Waals surface area contributed by atoms with Gasteiger partial charge in [0.05, 0.1) is 13.2 Å². The van der Waals surface area contributed by atoms with Crippen molar-refractivity contribution in [2.75, 3.05) is 26.8 Å².